The van der Waals surface area contributed by atoms with E-state index in [-0.39, 0.29) is 6.10 Å². The van der Waals surface area contributed by atoms with Crippen LogP contribution < -0.4 is 5.32 Å². The van der Waals surface area contributed by atoms with E-state index in [2.05, 4.69) is 12.2 Å². The third kappa shape index (κ3) is 1.09. The van der Waals surface area contributed by atoms with E-state index in [9.17, 15) is 5.11 Å². The normalized spacial score (nSPS) is 55.4. The maximum atomic E-state index is 9.49. The Hall–Kier alpha value is -0.0800. The Morgan fingerprint density at radius 3 is 2.73 bits per heavy atom. The van der Waals surface area contributed by atoms with Crippen LogP contribution in [0.1, 0.15) is 19.8 Å². The van der Waals surface area contributed by atoms with Gasteiger partial charge in [0.05, 0.1) is 6.10 Å². The minimum Gasteiger partial charge on any atom is -0.393 e. The van der Waals surface area contributed by atoms with Gasteiger partial charge < -0.3 is 10.4 Å². The molecule has 2 heteroatoms. The fraction of sp³-hybridized carbons (Fsp3) is 1.00. The molecule has 0 amide bonds. The van der Waals surface area contributed by atoms with Crippen LogP contribution in [-0.4, -0.2) is 24.3 Å². The molecule has 0 aromatic carbocycles. The van der Waals surface area contributed by atoms with Gasteiger partial charge in [-0.2, -0.15) is 0 Å². The molecule has 2 fully saturated rings. The molecule has 0 radical (unpaired) electrons. The summed E-state index contributed by atoms with van der Waals surface area (Å²) in [5.74, 6) is 2.53. The van der Waals surface area contributed by atoms with E-state index in [0.717, 1.165) is 30.6 Å². The van der Waals surface area contributed by atoms with Gasteiger partial charge in [-0.05, 0) is 37.6 Å². The molecule has 0 spiro atoms. The molecule has 0 aromatic heterocycles. The zero-order valence-corrected chi connectivity index (χ0v) is 7.25. The third-order valence-electron chi connectivity index (χ3n) is 3.54. The van der Waals surface area contributed by atoms with Crippen LogP contribution in [-0.2, 0) is 0 Å². The molecule has 0 heterocycles. The van der Waals surface area contributed by atoms with E-state index >= 15 is 0 Å². The summed E-state index contributed by atoms with van der Waals surface area (Å²) >= 11 is 0. The first kappa shape index (κ1) is 7.56. The summed E-state index contributed by atoms with van der Waals surface area (Å²) in [6.07, 6.45) is 1.96. The van der Waals surface area contributed by atoms with E-state index in [4.69, 9.17) is 0 Å². The van der Waals surface area contributed by atoms with Gasteiger partial charge in [-0.15, -0.1) is 0 Å². The van der Waals surface area contributed by atoms with Crippen molar-refractivity contribution in [1.82, 2.24) is 5.32 Å². The van der Waals surface area contributed by atoms with Crippen molar-refractivity contribution in [1.29, 1.82) is 0 Å². The Morgan fingerprint density at radius 2 is 2.09 bits per heavy atom. The molecule has 0 aliphatic heterocycles. The van der Waals surface area contributed by atoms with Crippen molar-refractivity contribution in [3.63, 3.8) is 0 Å². The minimum absolute atomic E-state index is 0.0429. The molecule has 0 bridgehead atoms. The topological polar surface area (TPSA) is 32.3 Å². The van der Waals surface area contributed by atoms with Gasteiger partial charge in [0, 0.05) is 6.04 Å². The van der Waals surface area contributed by atoms with Crippen LogP contribution in [0.15, 0.2) is 0 Å². The van der Waals surface area contributed by atoms with E-state index < -0.39 is 0 Å². The second-order valence-electron chi connectivity index (χ2n) is 4.12. The minimum atomic E-state index is -0.0429. The molecule has 2 N–H and O–H groups in total. The summed E-state index contributed by atoms with van der Waals surface area (Å²) in [4.78, 5) is 0. The van der Waals surface area contributed by atoms with Gasteiger partial charge in [-0.25, -0.2) is 0 Å². The van der Waals surface area contributed by atoms with Gasteiger partial charge in [-0.1, -0.05) is 6.92 Å². The lowest BCUT2D eigenvalue weighted by Gasteiger charge is -2.24. The summed E-state index contributed by atoms with van der Waals surface area (Å²) in [6.45, 7) is 2.30. The quantitative estimate of drug-likeness (QED) is 0.581. The molecule has 64 valence electrons. The summed E-state index contributed by atoms with van der Waals surface area (Å²) in [6, 6.07) is 0.582. The molecule has 5 atom stereocenters. The molecular formula is C9H17NO. The Balaban J connectivity index is 2.01. The van der Waals surface area contributed by atoms with E-state index in [1.807, 2.05) is 7.05 Å². The predicted molar refractivity (Wildman–Crippen MR) is 44.2 cm³/mol. The predicted octanol–water partition coefficient (Wildman–Crippen LogP) is 0.611. The number of aliphatic hydroxyl groups excluding tert-OH is 1. The lowest BCUT2D eigenvalue weighted by molar-refractivity contribution is 0.108. The first-order chi connectivity index (χ1) is 5.24. The highest BCUT2D eigenvalue weighted by Crippen LogP contribution is 2.54. The van der Waals surface area contributed by atoms with Gasteiger partial charge in [-0.3, -0.25) is 0 Å². The molecule has 2 aliphatic carbocycles. The lowest BCUT2D eigenvalue weighted by atomic mass is 9.93. The van der Waals surface area contributed by atoms with Gasteiger partial charge in [0.25, 0.3) is 0 Å². The average Bonchev–Trinajstić information content (AvgIpc) is 2.61. The molecule has 2 aliphatic rings. The Kier molecular flexibility index (Phi) is 1.69. The number of aliphatic hydroxyl groups is 1. The molecule has 5 unspecified atom stereocenters. The number of hydrogen-bond acceptors (Lipinski definition) is 2. The van der Waals surface area contributed by atoms with E-state index in [1.54, 1.807) is 0 Å². The van der Waals surface area contributed by atoms with Crippen LogP contribution >= 0.6 is 0 Å². The first-order valence-electron chi connectivity index (χ1n) is 4.59. The van der Waals surface area contributed by atoms with Gasteiger partial charge in [0.2, 0.25) is 0 Å². The van der Waals surface area contributed by atoms with Crippen molar-refractivity contribution in [3.05, 3.63) is 0 Å². The Labute approximate surface area is 68.0 Å². The maximum absolute atomic E-state index is 9.49. The van der Waals surface area contributed by atoms with Crippen molar-refractivity contribution in [2.45, 2.75) is 31.9 Å². The van der Waals surface area contributed by atoms with E-state index in [1.165, 1.54) is 0 Å². The molecule has 2 saturated carbocycles. The molecular weight excluding hydrogens is 138 g/mol. The second-order valence-corrected chi connectivity index (χ2v) is 4.12. The zero-order chi connectivity index (χ0) is 8.01. The summed E-state index contributed by atoms with van der Waals surface area (Å²) in [5, 5.41) is 12.8. The van der Waals surface area contributed by atoms with Gasteiger partial charge in [0.1, 0.15) is 0 Å². The average molecular weight is 155 g/mol. The number of fused-ring (bicyclic) bond motifs is 1. The number of rotatable bonds is 1. The van der Waals surface area contributed by atoms with Gasteiger partial charge in [0.15, 0.2) is 0 Å². The van der Waals surface area contributed by atoms with Crippen LogP contribution in [0.25, 0.3) is 0 Å². The molecule has 0 saturated heterocycles. The molecule has 0 aromatic rings. The van der Waals surface area contributed by atoms with Crippen molar-refractivity contribution in [2.75, 3.05) is 7.05 Å². The molecule has 2 nitrogen and oxygen atoms in total. The van der Waals surface area contributed by atoms with Crippen LogP contribution in [0.2, 0.25) is 0 Å². The largest absolute Gasteiger partial charge is 0.393 e. The SMILES string of the molecule is CNC1CC(O)CC2C(C)C12. The summed E-state index contributed by atoms with van der Waals surface area (Å²) < 4.78 is 0. The monoisotopic (exact) mass is 155 g/mol. The first-order valence-corrected chi connectivity index (χ1v) is 4.59. The summed E-state index contributed by atoms with van der Waals surface area (Å²) in [7, 11) is 2.00. The Morgan fingerprint density at radius 1 is 1.36 bits per heavy atom. The van der Waals surface area contributed by atoms with Crippen molar-refractivity contribution in [2.24, 2.45) is 17.8 Å². The molecule has 2 rings (SSSR count). The van der Waals surface area contributed by atoms with Crippen LogP contribution in [0, 0.1) is 17.8 Å². The zero-order valence-electron chi connectivity index (χ0n) is 7.25. The molecule has 11 heavy (non-hydrogen) atoms. The Bertz CT molecular complexity index is 160. The standard InChI is InChI=1S/C9H17NO/c1-5-7-3-6(11)4-8(10-2)9(5)7/h5-11H,3-4H2,1-2H3. The van der Waals surface area contributed by atoms with Crippen molar-refractivity contribution in [3.8, 4) is 0 Å². The third-order valence-corrected chi connectivity index (χ3v) is 3.54. The fourth-order valence-corrected chi connectivity index (χ4v) is 2.79. The second kappa shape index (κ2) is 2.46. The summed E-state index contributed by atoms with van der Waals surface area (Å²) in [5.41, 5.74) is 0. The van der Waals surface area contributed by atoms with Crippen molar-refractivity contribution >= 4 is 0 Å². The van der Waals surface area contributed by atoms with Crippen LogP contribution in [0.5, 0.6) is 0 Å². The smallest absolute Gasteiger partial charge is 0.0558 e. The highest BCUT2D eigenvalue weighted by atomic mass is 16.3. The van der Waals surface area contributed by atoms with Crippen molar-refractivity contribution < 1.29 is 5.11 Å². The van der Waals surface area contributed by atoms with Crippen LogP contribution in [0.4, 0.5) is 0 Å². The number of nitrogens with one attached hydrogen (secondary N) is 1. The fourth-order valence-electron chi connectivity index (χ4n) is 2.79. The maximum Gasteiger partial charge on any atom is 0.0558 e. The van der Waals surface area contributed by atoms with Gasteiger partial charge >= 0.3 is 0 Å². The lowest BCUT2D eigenvalue weighted by Crippen LogP contribution is -2.35. The van der Waals surface area contributed by atoms with Crippen LogP contribution in [0.3, 0.4) is 0 Å². The highest BCUT2D eigenvalue weighted by Gasteiger charge is 2.54. The number of hydrogen-bond donors (Lipinski definition) is 2. The van der Waals surface area contributed by atoms with E-state index in [0.29, 0.717) is 6.04 Å². The highest BCUT2D eigenvalue weighted by molar-refractivity contribution is 5.05.